The Labute approximate surface area is 125 Å². The van der Waals surface area contributed by atoms with E-state index in [1.54, 1.807) is 0 Å². The first-order valence-electron chi connectivity index (χ1n) is 6.04. The van der Waals surface area contributed by atoms with Gasteiger partial charge in [-0.2, -0.15) is 0 Å². The van der Waals surface area contributed by atoms with Crippen molar-refractivity contribution < 1.29 is 19.4 Å². The van der Waals surface area contributed by atoms with E-state index in [1.165, 1.54) is 25.7 Å². The number of carboxylic acids is 1. The van der Waals surface area contributed by atoms with Crippen molar-refractivity contribution in [1.82, 2.24) is 0 Å². The number of carboxylic acid groups (broad SMARTS) is 1. The molecule has 4 nitrogen and oxygen atoms in total. The molecule has 0 heterocycles. The second kappa shape index (κ2) is 14.0. The molecule has 0 aliphatic heterocycles. The van der Waals surface area contributed by atoms with Gasteiger partial charge in [0.05, 0.1) is 19.4 Å². The third-order valence-electron chi connectivity index (χ3n) is 2.30. The molecule has 0 aromatic carbocycles. The van der Waals surface area contributed by atoms with Crippen molar-refractivity contribution >= 4 is 41.5 Å². The molecule has 0 unspecified atom stereocenters. The number of hydrogen-bond donors (Lipinski definition) is 1. The van der Waals surface area contributed by atoms with Gasteiger partial charge in [-0.15, -0.1) is 0 Å². The number of esters is 1. The number of carbonyl (C=O) groups excluding carboxylic acids is 1. The van der Waals surface area contributed by atoms with Crippen LogP contribution in [0.1, 0.15) is 58.3 Å². The summed E-state index contributed by atoms with van der Waals surface area (Å²) in [6.45, 7) is 2.59. The molecule has 17 heavy (non-hydrogen) atoms. The van der Waals surface area contributed by atoms with E-state index < -0.39 is 11.9 Å². The van der Waals surface area contributed by atoms with Gasteiger partial charge in [-0.3, -0.25) is 9.59 Å². The second-order valence-corrected chi connectivity index (χ2v) is 3.88. The van der Waals surface area contributed by atoms with E-state index in [0.717, 1.165) is 12.8 Å². The normalized spacial score (nSPS) is 9.47. The van der Waals surface area contributed by atoms with E-state index in [2.05, 4.69) is 6.92 Å². The van der Waals surface area contributed by atoms with E-state index in [-0.39, 0.29) is 42.4 Å². The third-order valence-corrected chi connectivity index (χ3v) is 2.30. The average molecular weight is 254 g/mol. The van der Waals surface area contributed by atoms with Gasteiger partial charge in [0.15, 0.2) is 0 Å². The van der Waals surface area contributed by atoms with Crippen LogP contribution in [-0.2, 0) is 14.3 Å². The molecule has 0 aliphatic rings. The van der Waals surface area contributed by atoms with Gasteiger partial charge < -0.3 is 9.84 Å². The quantitative estimate of drug-likeness (QED) is 0.368. The fourth-order valence-corrected chi connectivity index (χ4v) is 1.35. The van der Waals surface area contributed by atoms with Crippen LogP contribution in [0.5, 0.6) is 0 Å². The Kier molecular flexibility index (Phi) is 15.9. The van der Waals surface area contributed by atoms with Crippen LogP contribution in [0, 0.1) is 0 Å². The minimum absolute atomic E-state index is 0. The summed E-state index contributed by atoms with van der Waals surface area (Å²) in [5.41, 5.74) is 0. The maximum absolute atomic E-state index is 11.0. The van der Waals surface area contributed by atoms with Crippen LogP contribution in [0.15, 0.2) is 0 Å². The van der Waals surface area contributed by atoms with Gasteiger partial charge in [-0.25, -0.2) is 0 Å². The zero-order chi connectivity index (χ0) is 12.2. The Hall–Kier alpha value is -0.0600. The van der Waals surface area contributed by atoms with Crippen LogP contribution >= 0.6 is 0 Å². The molecule has 0 fully saturated rings. The Morgan fingerprint density at radius 3 is 2.18 bits per heavy atom. The molecular formula is C12H23NaO4. The summed E-state index contributed by atoms with van der Waals surface area (Å²) in [6, 6.07) is 0. The van der Waals surface area contributed by atoms with E-state index in [9.17, 15) is 9.59 Å². The van der Waals surface area contributed by atoms with Crippen LogP contribution in [0.4, 0.5) is 0 Å². The Morgan fingerprint density at radius 2 is 1.59 bits per heavy atom. The second-order valence-electron chi connectivity index (χ2n) is 3.88. The van der Waals surface area contributed by atoms with Crippen molar-refractivity contribution in [2.75, 3.05) is 6.61 Å². The van der Waals surface area contributed by atoms with Crippen molar-refractivity contribution in [2.45, 2.75) is 58.3 Å². The summed E-state index contributed by atoms with van der Waals surface area (Å²) in [5.74, 6) is -1.37. The summed E-state index contributed by atoms with van der Waals surface area (Å²) in [4.78, 5) is 21.2. The van der Waals surface area contributed by atoms with Crippen LogP contribution in [-0.4, -0.2) is 53.2 Å². The number of rotatable bonds is 10. The van der Waals surface area contributed by atoms with Gasteiger partial charge in [-0.05, 0) is 6.42 Å². The molecule has 0 aromatic heterocycles. The molecule has 0 aromatic rings. The van der Waals surface area contributed by atoms with Crippen molar-refractivity contribution in [3.05, 3.63) is 0 Å². The van der Waals surface area contributed by atoms with Crippen molar-refractivity contribution in [1.29, 1.82) is 0 Å². The molecule has 0 spiro atoms. The van der Waals surface area contributed by atoms with E-state index in [4.69, 9.17) is 9.84 Å². The van der Waals surface area contributed by atoms with E-state index in [1.807, 2.05) is 0 Å². The van der Waals surface area contributed by atoms with Crippen LogP contribution in [0.25, 0.3) is 0 Å². The molecule has 0 saturated heterocycles. The molecule has 0 amide bonds. The molecule has 5 heteroatoms. The third kappa shape index (κ3) is 15.9. The Morgan fingerprint density at radius 1 is 1.00 bits per heavy atom. The number of hydrogen-bond acceptors (Lipinski definition) is 3. The van der Waals surface area contributed by atoms with E-state index in [0.29, 0.717) is 6.61 Å². The summed E-state index contributed by atoms with van der Waals surface area (Å²) < 4.78 is 4.90. The van der Waals surface area contributed by atoms with Gasteiger partial charge in [0.1, 0.15) is 0 Å². The Balaban J connectivity index is 0. The van der Waals surface area contributed by atoms with Crippen molar-refractivity contribution in [3.8, 4) is 0 Å². The molecular weight excluding hydrogens is 231 g/mol. The fourth-order valence-electron chi connectivity index (χ4n) is 1.35. The maximum atomic E-state index is 11.0. The number of carbonyl (C=O) groups is 2. The van der Waals surface area contributed by atoms with Gasteiger partial charge in [0.25, 0.3) is 0 Å². The summed E-state index contributed by atoms with van der Waals surface area (Å²) in [7, 11) is 0. The van der Waals surface area contributed by atoms with Crippen LogP contribution in [0.3, 0.4) is 0 Å². The van der Waals surface area contributed by atoms with E-state index >= 15 is 0 Å². The van der Waals surface area contributed by atoms with Crippen LogP contribution in [0.2, 0.25) is 0 Å². The molecule has 0 radical (unpaired) electrons. The monoisotopic (exact) mass is 254 g/mol. The summed E-state index contributed by atoms with van der Waals surface area (Å²) in [6.07, 6.45) is 6.70. The van der Waals surface area contributed by atoms with Gasteiger partial charge in [0, 0.05) is 0 Å². The average Bonchev–Trinajstić information content (AvgIpc) is 2.25. The molecule has 0 rings (SSSR count). The Bertz CT molecular complexity index is 207. The van der Waals surface area contributed by atoms with Gasteiger partial charge in [-0.1, -0.05) is 39.0 Å². The van der Waals surface area contributed by atoms with Gasteiger partial charge in [0.2, 0.25) is 0 Å². The summed E-state index contributed by atoms with van der Waals surface area (Å²) >= 11 is 0. The van der Waals surface area contributed by atoms with Crippen molar-refractivity contribution in [3.63, 3.8) is 0 Å². The minimum atomic E-state index is -0.962. The standard InChI is InChI=1S/C12H22O4.Na.H/c1-2-3-4-5-6-7-10-16-12(15)9-8-11(13)14;;/h2-10H2,1H3,(H,13,14);;. The molecule has 1 N–H and O–H groups in total. The zero-order valence-electron chi connectivity index (χ0n) is 10.0. The van der Waals surface area contributed by atoms with Crippen molar-refractivity contribution in [2.24, 2.45) is 0 Å². The predicted octanol–water partition coefficient (Wildman–Crippen LogP) is 2.11. The molecule has 0 saturated carbocycles. The molecule has 0 aliphatic carbocycles. The number of ether oxygens (including phenoxy) is 1. The van der Waals surface area contributed by atoms with Gasteiger partial charge >= 0.3 is 41.5 Å². The molecule has 96 valence electrons. The molecule has 0 atom stereocenters. The SMILES string of the molecule is CCCCCCCCOC(=O)CCC(=O)O.[NaH]. The first-order valence-corrected chi connectivity index (χ1v) is 6.04. The first-order chi connectivity index (χ1) is 7.66. The van der Waals surface area contributed by atoms with Crippen LogP contribution < -0.4 is 0 Å². The topological polar surface area (TPSA) is 63.6 Å². The fraction of sp³-hybridized carbons (Fsp3) is 0.833. The predicted molar refractivity (Wildman–Crippen MR) is 68.4 cm³/mol. The number of unbranched alkanes of at least 4 members (excludes halogenated alkanes) is 5. The first kappa shape index (κ1) is 19.3. The zero-order valence-corrected chi connectivity index (χ0v) is 10.0. The molecule has 0 bridgehead atoms. The number of aliphatic carboxylic acids is 1. The summed E-state index contributed by atoms with van der Waals surface area (Å²) in [5, 5.41) is 8.35.